The lowest BCUT2D eigenvalue weighted by molar-refractivity contribution is 0.405. The van der Waals surface area contributed by atoms with Crippen LogP contribution in [0.15, 0.2) is 46.9 Å². The van der Waals surface area contributed by atoms with Crippen molar-refractivity contribution < 1.29 is 9.13 Å². The number of hydrogen-bond donors (Lipinski definition) is 2. The first kappa shape index (κ1) is 15.0. The van der Waals surface area contributed by atoms with Gasteiger partial charge in [0.1, 0.15) is 11.6 Å². The second-order valence-electron chi connectivity index (χ2n) is 4.43. The van der Waals surface area contributed by atoms with Crippen molar-refractivity contribution in [3.63, 3.8) is 0 Å². The smallest absolute Gasteiger partial charge is 0.123 e. The number of nitrogens with two attached hydrogens (primary N) is 1. The van der Waals surface area contributed by atoms with Crippen LogP contribution in [-0.4, -0.2) is 7.11 Å². The molecule has 2 aromatic carbocycles. The van der Waals surface area contributed by atoms with E-state index in [2.05, 4.69) is 21.4 Å². The molecule has 0 aliphatic heterocycles. The van der Waals surface area contributed by atoms with Crippen molar-refractivity contribution in [2.75, 3.05) is 7.11 Å². The topological polar surface area (TPSA) is 47.3 Å². The van der Waals surface area contributed by atoms with Crippen LogP contribution in [0.1, 0.15) is 17.2 Å². The van der Waals surface area contributed by atoms with Crippen molar-refractivity contribution in [2.24, 2.45) is 5.84 Å². The highest BCUT2D eigenvalue weighted by Crippen LogP contribution is 2.27. The monoisotopic (exact) mass is 338 g/mol. The fourth-order valence-corrected chi connectivity index (χ4v) is 2.50. The van der Waals surface area contributed by atoms with Gasteiger partial charge in [-0.05, 0) is 47.9 Å². The van der Waals surface area contributed by atoms with Crippen LogP contribution in [0.2, 0.25) is 0 Å². The molecule has 0 fully saturated rings. The zero-order valence-corrected chi connectivity index (χ0v) is 12.7. The maximum absolute atomic E-state index is 13.0. The lowest BCUT2D eigenvalue weighted by Crippen LogP contribution is -2.29. The third-order valence-corrected chi connectivity index (χ3v) is 3.63. The molecule has 0 saturated carbocycles. The largest absolute Gasteiger partial charge is 0.496 e. The Labute approximate surface area is 126 Å². The summed E-state index contributed by atoms with van der Waals surface area (Å²) in [6.07, 6.45) is 0.644. The molecule has 0 spiro atoms. The number of methoxy groups -OCH3 is 1. The first-order valence-corrected chi connectivity index (χ1v) is 6.97. The van der Waals surface area contributed by atoms with Crippen LogP contribution >= 0.6 is 15.9 Å². The number of hydrazine groups is 1. The average Bonchev–Trinajstić information content (AvgIpc) is 2.46. The molecule has 0 aromatic heterocycles. The fraction of sp³-hybridized carbons (Fsp3) is 0.200. The average molecular weight is 339 g/mol. The fourth-order valence-electron chi connectivity index (χ4n) is 2.09. The summed E-state index contributed by atoms with van der Waals surface area (Å²) < 4.78 is 19.3. The van der Waals surface area contributed by atoms with Gasteiger partial charge in [0.05, 0.1) is 13.2 Å². The molecule has 2 aromatic rings. The molecule has 3 nitrogen and oxygen atoms in total. The first-order valence-electron chi connectivity index (χ1n) is 6.18. The van der Waals surface area contributed by atoms with Gasteiger partial charge in [-0.3, -0.25) is 11.3 Å². The molecule has 2 rings (SSSR count). The van der Waals surface area contributed by atoms with Crippen LogP contribution in [0, 0.1) is 5.82 Å². The van der Waals surface area contributed by atoms with Gasteiger partial charge in [0, 0.05) is 4.47 Å². The molecule has 3 N–H and O–H groups in total. The minimum atomic E-state index is -0.260. The Morgan fingerprint density at radius 2 is 1.95 bits per heavy atom. The Morgan fingerprint density at radius 3 is 2.55 bits per heavy atom. The quantitative estimate of drug-likeness (QED) is 0.649. The molecule has 1 unspecified atom stereocenters. The maximum Gasteiger partial charge on any atom is 0.123 e. The van der Waals surface area contributed by atoms with Crippen LogP contribution in [0.3, 0.4) is 0 Å². The van der Waals surface area contributed by atoms with Crippen molar-refractivity contribution in [3.8, 4) is 5.75 Å². The molecule has 0 aliphatic rings. The van der Waals surface area contributed by atoms with Gasteiger partial charge in [-0.15, -0.1) is 0 Å². The summed E-state index contributed by atoms with van der Waals surface area (Å²) in [7, 11) is 1.63. The molecule has 0 bridgehead atoms. The molecule has 0 saturated heterocycles. The van der Waals surface area contributed by atoms with Gasteiger partial charge in [-0.1, -0.05) is 28.1 Å². The van der Waals surface area contributed by atoms with Gasteiger partial charge < -0.3 is 4.74 Å². The van der Waals surface area contributed by atoms with Crippen LogP contribution in [0.25, 0.3) is 0 Å². The molecule has 0 amide bonds. The number of halogens is 2. The highest BCUT2D eigenvalue weighted by atomic mass is 79.9. The van der Waals surface area contributed by atoms with E-state index >= 15 is 0 Å². The Hall–Kier alpha value is -1.43. The molecule has 1 atom stereocenters. The van der Waals surface area contributed by atoms with Gasteiger partial charge in [0.2, 0.25) is 0 Å². The summed E-state index contributed by atoms with van der Waals surface area (Å²) >= 11 is 3.45. The second-order valence-corrected chi connectivity index (χ2v) is 5.35. The van der Waals surface area contributed by atoms with E-state index in [0.29, 0.717) is 6.42 Å². The molecule has 20 heavy (non-hydrogen) atoms. The number of rotatable bonds is 5. The third kappa shape index (κ3) is 3.56. The highest BCUT2D eigenvalue weighted by molar-refractivity contribution is 9.10. The van der Waals surface area contributed by atoms with Crippen molar-refractivity contribution in [1.82, 2.24) is 5.43 Å². The summed E-state index contributed by atoms with van der Waals surface area (Å²) in [5.74, 6) is 6.17. The van der Waals surface area contributed by atoms with Crippen molar-refractivity contribution in [3.05, 3.63) is 63.9 Å². The second kappa shape index (κ2) is 6.83. The van der Waals surface area contributed by atoms with Gasteiger partial charge >= 0.3 is 0 Å². The number of ether oxygens (including phenoxy) is 1. The predicted octanol–water partition coefficient (Wildman–Crippen LogP) is 3.34. The van der Waals surface area contributed by atoms with Gasteiger partial charge in [0.25, 0.3) is 0 Å². The SMILES string of the molecule is COc1ccc(Br)cc1CC(NN)c1ccc(F)cc1. The Morgan fingerprint density at radius 1 is 1.25 bits per heavy atom. The van der Waals surface area contributed by atoms with Crippen LogP contribution in [0.5, 0.6) is 5.75 Å². The van der Waals surface area contributed by atoms with E-state index in [-0.39, 0.29) is 11.9 Å². The number of hydrogen-bond acceptors (Lipinski definition) is 3. The molecule has 0 radical (unpaired) electrons. The maximum atomic E-state index is 13.0. The van der Waals surface area contributed by atoms with E-state index in [0.717, 1.165) is 21.3 Å². The first-order chi connectivity index (χ1) is 9.63. The van der Waals surface area contributed by atoms with Gasteiger partial charge in [0.15, 0.2) is 0 Å². The summed E-state index contributed by atoms with van der Waals surface area (Å²) in [6.45, 7) is 0. The predicted molar refractivity (Wildman–Crippen MR) is 80.9 cm³/mol. The summed E-state index contributed by atoms with van der Waals surface area (Å²) in [4.78, 5) is 0. The Bertz CT molecular complexity index is 575. The van der Waals surface area contributed by atoms with Crippen molar-refractivity contribution in [1.29, 1.82) is 0 Å². The Balaban J connectivity index is 2.26. The summed E-state index contributed by atoms with van der Waals surface area (Å²) in [5.41, 5.74) is 4.71. The van der Waals surface area contributed by atoms with Gasteiger partial charge in [-0.25, -0.2) is 4.39 Å². The molecular formula is C15H16BrFN2O. The summed E-state index contributed by atoms with van der Waals surface area (Å²) in [5, 5.41) is 0. The van der Waals surface area contributed by atoms with Crippen LogP contribution in [-0.2, 0) is 6.42 Å². The number of nitrogens with one attached hydrogen (secondary N) is 1. The lowest BCUT2D eigenvalue weighted by atomic mass is 9.99. The zero-order valence-electron chi connectivity index (χ0n) is 11.1. The van der Waals surface area contributed by atoms with Crippen LogP contribution in [0.4, 0.5) is 4.39 Å². The van der Waals surface area contributed by atoms with Gasteiger partial charge in [-0.2, -0.15) is 0 Å². The molecule has 0 aliphatic carbocycles. The van der Waals surface area contributed by atoms with Crippen molar-refractivity contribution >= 4 is 15.9 Å². The van der Waals surface area contributed by atoms with E-state index in [1.165, 1.54) is 12.1 Å². The van der Waals surface area contributed by atoms with Crippen molar-refractivity contribution in [2.45, 2.75) is 12.5 Å². The standard InChI is InChI=1S/C15H16BrFN2O/c1-20-15-7-4-12(16)8-11(15)9-14(19-18)10-2-5-13(17)6-3-10/h2-8,14,19H,9,18H2,1H3. The zero-order chi connectivity index (χ0) is 14.5. The normalized spacial score (nSPS) is 12.2. The molecular weight excluding hydrogens is 323 g/mol. The third-order valence-electron chi connectivity index (χ3n) is 3.14. The molecule has 106 valence electrons. The van der Waals surface area contributed by atoms with E-state index in [1.54, 1.807) is 19.2 Å². The van der Waals surface area contributed by atoms with E-state index in [4.69, 9.17) is 10.6 Å². The molecule has 0 heterocycles. The van der Waals surface area contributed by atoms with E-state index in [9.17, 15) is 4.39 Å². The number of benzene rings is 2. The molecule has 5 heteroatoms. The minimum Gasteiger partial charge on any atom is -0.496 e. The highest BCUT2D eigenvalue weighted by Gasteiger charge is 2.14. The summed E-state index contributed by atoms with van der Waals surface area (Å²) in [6, 6.07) is 12.0. The van der Waals surface area contributed by atoms with E-state index < -0.39 is 0 Å². The Kier molecular flexibility index (Phi) is 5.11. The minimum absolute atomic E-state index is 0.112. The van der Waals surface area contributed by atoms with E-state index in [1.807, 2.05) is 18.2 Å². The lowest BCUT2D eigenvalue weighted by Gasteiger charge is -2.18. The van der Waals surface area contributed by atoms with Crippen LogP contribution < -0.4 is 16.0 Å².